The van der Waals surface area contributed by atoms with Crippen LogP contribution in [0.3, 0.4) is 0 Å². The van der Waals surface area contributed by atoms with Crippen LogP contribution in [0.1, 0.15) is 5.01 Å². The predicted molar refractivity (Wildman–Crippen MR) is 96.2 cm³/mol. The van der Waals surface area contributed by atoms with Gasteiger partial charge in [-0.3, -0.25) is 14.8 Å². The van der Waals surface area contributed by atoms with E-state index in [4.69, 9.17) is 0 Å². The molecular weight excluding hydrogens is 362 g/mol. The van der Waals surface area contributed by atoms with Crippen molar-refractivity contribution in [2.45, 2.75) is 11.8 Å². The number of nitrogens with one attached hydrogen (secondary N) is 1. The summed E-state index contributed by atoms with van der Waals surface area (Å²) in [6.45, 7) is 1.87. The lowest BCUT2D eigenvalue weighted by Crippen LogP contribution is -2.13. The third kappa shape index (κ3) is 3.67. The summed E-state index contributed by atoms with van der Waals surface area (Å²) in [7, 11) is -3.88. The summed E-state index contributed by atoms with van der Waals surface area (Å²) in [4.78, 5) is 14.4. The minimum Gasteiger partial charge on any atom is -0.279 e. The predicted octanol–water partition coefficient (Wildman–Crippen LogP) is 3.83. The van der Waals surface area contributed by atoms with Gasteiger partial charge >= 0.3 is 0 Å². The second-order valence-electron chi connectivity index (χ2n) is 5.15. The van der Waals surface area contributed by atoms with Gasteiger partial charge in [-0.2, -0.15) is 0 Å². The Morgan fingerprint density at radius 3 is 2.40 bits per heavy atom. The molecule has 1 N–H and O–H groups in total. The maximum Gasteiger partial charge on any atom is 0.269 e. The van der Waals surface area contributed by atoms with E-state index < -0.39 is 14.9 Å². The summed E-state index contributed by atoms with van der Waals surface area (Å²) in [5.74, 6) is 0. The molecule has 1 heterocycles. The summed E-state index contributed by atoms with van der Waals surface area (Å²) in [6, 6.07) is 11.7. The molecule has 128 valence electrons. The molecule has 0 saturated heterocycles. The molecular formula is C16H13N3O4S2. The zero-order valence-corrected chi connectivity index (χ0v) is 14.7. The van der Waals surface area contributed by atoms with Crippen LogP contribution in [0.2, 0.25) is 0 Å². The van der Waals surface area contributed by atoms with Gasteiger partial charge in [0.25, 0.3) is 15.7 Å². The number of non-ortho nitro benzene ring substituents is 1. The van der Waals surface area contributed by atoms with E-state index in [0.29, 0.717) is 16.9 Å². The molecule has 0 radical (unpaired) electrons. The fraction of sp³-hybridized carbons (Fsp3) is 0.0625. The summed E-state index contributed by atoms with van der Waals surface area (Å²) in [6.07, 6.45) is 0. The van der Waals surface area contributed by atoms with E-state index in [2.05, 4.69) is 9.71 Å². The zero-order chi connectivity index (χ0) is 18.0. The molecule has 3 aromatic rings. The lowest BCUT2D eigenvalue weighted by molar-refractivity contribution is -0.384. The molecule has 0 bridgehead atoms. The number of anilines is 1. The Balaban J connectivity index is 1.95. The zero-order valence-electron chi connectivity index (χ0n) is 13.0. The van der Waals surface area contributed by atoms with Gasteiger partial charge in [-0.1, -0.05) is 18.2 Å². The Bertz CT molecular complexity index is 1030. The van der Waals surface area contributed by atoms with E-state index in [1.165, 1.54) is 23.5 Å². The largest absolute Gasteiger partial charge is 0.279 e. The maximum absolute atomic E-state index is 12.6. The minimum atomic E-state index is -3.88. The van der Waals surface area contributed by atoms with Crippen LogP contribution in [0.15, 0.2) is 58.8 Å². The molecule has 1 aromatic heterocycles. The van der Waals surface area contributed by atoms with E-state index in [1.54, 1.807) is 24.3 Å². The average molecular weight is 375 g/mol. The smallest absolute Gasteiger partial charge is 0.269 e. The number of nitro benzene ring substituents is 1. The van der Waals surface area contributed by atoms with Crippen molar-refractivity contribution in [2.24, 2.45) is 0 Å². The number of nitro groups is 1. The Hall–Kier alpha value is -2.78. The molecule has 0 amide bonds. The summed E-state index contributed by atoms with van der Waals surface area (Å²) in [5.41, 5.74) is 1.57. The average Bonchev–Trinajstić information content (AvgIpc) is 3.01. The summed E-state index contributed by atoms with van der Waals surface area (Å²) >= 11 is 1.47. The van der Waals surface area contributed by atoms with Gasteiger partial charge in [-0.05, 0) is 25.1 Å². The van der Waals surface area contributed by atoms with Crippen LogP contribution in [0.25, 0.3) is 11.3 Å². The van der Waals surface area contributed by atoms with Crippen LogP contribution in [-0.4, -0.2) is 18.3 Å². The molecule has 0 atom stereocenters. The minimum absolute atomic E-state index is 0.0534. The van der Waals surface area contributed by atoms with Crippen LogP contribution in [-0.2, 0) is 10.0 Å². The van der Waals surface area contributed by atoms with E-state index in [9.17, 15) is 18.5 Å². The summed E-state index contributed by atoms with van der Waals surface area (Å²) in [5, 5.41) is 13.4. The standard InChI is InChI=1S/C16H13N3O4S2/c1-11-17-16(10-24-11)14-4-2-3-5-15(14)18-25(22,23)13-8-6-12(7-9-13)19(20)21/h2-10,18H,1H3. The van der Waals surface area contributed by atoms with Gasteiger partial charge in [-0.15, -0.1) is 11.3 Å². The number of para-hydroxylation sites is 1. The van der Waals surface area contributed by atoms with Crippen LogP contribution in [0.5, 0.6) is 0 Å². The van der Waals surface area contributed by atoms with E-state index in [-0.39, 0.29) is 10.6 Å². The molecule has 0 aliphatic carbocycles. The van der Waals surface area contributed by atoms with Crippen molar-refractivity contribution in [3.05, 3.63) is 69.0 Å². The highest BCUT2D eigenvalue weighted by molar-refractivity contribution is 7.92. The quantitative estimate of drug-likeness (QED) is 0.539. The highest BCUT2D eigenvalue weighted by atomic mass is 32.2. The number of aromatic nitrogens is 1. The highest BCUT2D eigenvalue weighted by Gasteiger charge is 2.18. The maximum atomic E-state index is 12.6. The molecule has 0 saturated carbocycles. The SMILES string of the molecule is Cc1nc(-c2ccccc2NS(=O)(=O)c2ccc([N+](=O)[O-])cc2)cs1. The molecule has 3 rings (SSSR count). The Morgan fingerprint density at radius 2 is 1.80 bits per heavy atom. The van der Waals surface area contributed by atoms with Gasteiger partial charge in [0.1, 0.15) is 0 Å². The van der Waals surface area contributed by atoms with Crippen LogP contribution in [0, 0.1) is 17.0 Å². The molecule has 0 aliphatic heterocycles. The number of sulfonamides is 1. The van der Waals surface area contributed by atoms with Gasteiger partial charge < -0.3 is 0 Å². The number of hydrogen-bond donors (Lipinski definition) is 1. The molecule has 0 fully saturated rings. The first-order valence-corrected chi connectivity index (χ1v) is 9.52. The second-order valence-corrected chi connectivity index (χ2v) is 7.90. The van der Waals surface area contributed by atoms with Crippen molar-refractivity contribution in [1.82, 2.24) is 4.98 Å². The number of aryl methyl sites for hydroxylation is 1. The fourth-order valence-electron chi connectivity index (χ4n) is 2.23. The van der Waals surface area contributed by atoms with Crippen LogP contribution < -0.4 is 4.72 Å². The third-order valence-corrected chi connectivity index (χ3v) is 5.58. The summed E-state index contributed by atoms with van der Waals surface area (Å²) < 4.78 is 27.7. The Morgan fingerprint density at radius 1 is 1.12 bits per heavy atom. The molecule has 25 heavy (non-hydrogen) atoms. The van der Waals surface area contributed by atoms with Gasteiger partial charge in [0.05, 0.1) is 26.2 Å². The van der Waals surface area contributed by atoms with E-state index in [0.717, 1.165) is 17.1 Å². The van der Waals surface area contributed by atoms with E-state index in [1.807, 2.05) is 12.3 Å². The van der Waals surface area contributed by atoms with Crippen molar-refractivity contribution in [1.29, 1.82) is 0 Å². The monoisotopic (exact) mass is 375 g/mol. The highest BCUT2D eigenvalue weighted by Crippen LogP contribution is 2.30. The molecule has 2 aromatic carbocycles. The number of benzene rings is 2. The van der Waals surface area contributed by atoms with Crippen molar-refractivity contribution in [3.8, 4) is 11.3 Å². The normalized spacial score (nSPS) is 11.2. The molecule has 7 nitrogen and oxygen atoms in total. The van der Waals surface area contributed by atoms with Gasteiger partial charge in [0.15, 0.2) is 0 Å². The van der Waals surface area contributed by atoms with Gasteiger partial charge in [0.2, 0.25) is 0 Å². The first-order valence-electron chi connectivity index (χ1n) is 7.15. The van der Waals surface area contributed by atoms with Crippen LogP contribution in [0.4, 0.5) is 11.4 Å². The lowest BCUT2D eigenvalue weighted by atomic mass is 10.1. The number of rotatable bonds is 5. The van der Waals surface area contributed by atoms with Crippen molar-refractivity contribution in [2.75, 3.05) is 4.72 Å². The fourth-order valence-corrected chi connectivity index (χ4v) is 3.93. The molecule has 0 unspecified atom stereocenters. The van der Waals surface area contributed by atoms with Crippen LogP contribution >= 0.6 is 11.3 Å². The van der Waals surface area contributed by atoms with Crippen molar-refractivity contribution < 1.29 is 13.3 Å². The molecule has 0 aliphatic rings. The Kier molecular flexibility index (Phi) is 4.51. The molecule has 9 heteroatoms. The lowest BCUT2D eigenvalue weighted by Gasteiger charge is -2.11. The first kappa shape index (κ1) is 17.1. The number of thiazole rings is 1. The molecule has 0 spiro atoms. The number of hydrogen-bond acceptors (Lipinski definition) is 6. The first-order chi connectivity index (χ1) is 11.9. The Labute approximate surface area is 148 Å². The van der Waals surface area contributed by atoms with Crippen molar-refractivity contribution >= 4 is 32.7 Å². The van der Waals surface area contributed by atoms with E-state index >= 15 is 0 Å². The van der Waals surface area contributed by atoms with Gasteiger partial charge in [-0.25, -0.2) is 13.4 Å². The second kappa shape index (κ2) is 6.61. The third-order valence-electron chi connectivity index (χ3n) is 3.42. The topological polar surface area (TPSA) is 102 Å². The van der Waals surface area contributed by atoms with Gasteiger partial charge in [0, 0.05) is 23.1 Å². The van der Waals surface area contributed by atoms with Crippen molar-refractivity contribution in [3.63, 3.8) is 0 Å². The number of nitrogens with zero attached hydrogens (tertiary/aromatic N) is 2.